The van der Waals surface area contributed by atoms with Crippen molar-refractivity contribution in [3.8, 4) is 11.1 Å². The number of benzene rings is 3. The Hall–Kier alpha value is -2.26. The van der Waals surface area contributed by atoms with Gasteiger partial charge in [-0.15, -0.1) is 11.8 Å². The van der Waals surface area contributed by atoms with Crippen LogP contribution in [0, 0.1) is 0 Å². The molecule has 3 heteroatoms. The number of rotatable bonds is 3. The highest BCUT2D eigenvalue weighted by molar-refractivity contribution is 7.98. The van der Waals surface area contributed by atoms with Gasteiger partial charge in [0.05, 0.1) is 12.7 Å². The third-order valence-corrected chi connectivity index (χ3v) is 5.80. The molecule has 0 N–H and O–H groups in total. The zero-order valence-corrected chi connectivity index (χ0v) is 15.3. The van der Waals surface area contributed by atoms with Gasteiger partial charge in [-0.2, -0.15) is 0 Å². The van der Waals surface area contributed by atoms with Crippen molar-refractivity contribution in [3.05, 3.63) is 65.2 Å². The van der Waals surface area contributed by atoms with Gasteiger partial charge >= 0.3 is 5.97 Å². The van der Waals surface area contributed by atoms with E-state index in [1.54, 1.807) is 11.8 Å². The van der Waals surface area contributed by atoms with Crippen molar-refractivity contribution in [1.29, 1.82) is 0 Å². The summed E-state index contributed by atoms with van der Waals surface area (Å²) in [4.78, 5) is 13.3. The Morgan fingerprint density at radius 1 is 1.00 bits per heavy atom. The lowest BCUT2D eigenvalue weighted by molar-refractivity contribution is 0.0595. The van der Waals surface area contributed by atoms with Gasteiger partial charge in [0, 0.05) is 4.90 Å². The van der Waals surface area contributed by atoms with Crippen molar-refractivity contribution in [3.63, 3.8) is 0 Å². The second-order valence-corrected chi connectivity index (χ2v) is 7.21. The fourth-order valence-corrected chi connectivity index (χ4v) is 4.50. The fraction of sp³-hybridized carbons (Fsp3) is 0.227. The van der Waals surface area contributed by atoms with Crippen molar-refractivity contribution in [2.45, 2.75) is 24.2 Å². The van der Waals surface area contributed by atoms with Crippen molar-refractivity contribution in [1.82, 2.24) is 0 Å². The van der Waals surface area contributed by atoms with Crippen molar-refractivity contribution >= 4 is 28.5 Å². The molecular weight excluding hydrogens is 328 g/mol. The van der Waals surface area contributed by atoms with Crippen molar-refractivity contribution < 1.29 is 9.53 Å². The molecular formula is C22H20O2S. The van der Waals surface area contributed by atoms with Crippen LogP contribution in [0.25, 0.3) is 21.9 Å². The van der Waals surface area contributed by atoms with E-state index in [1.165, 1.54) is 40.1 Å². The van der Waals surface area contributed by atoms with Gasteiger partial charge in [-0.05, 0) is 70.7 Å². The lowest BCUT2D eigenvalue weighted by Gasteiger charge is -2.16. The van der Waals surface area contributed by atoms with E-state index < -0.39 is 0 Å². The molecule has 0 heterocycles. The lowest BCUT2D eigenvalue weighted by atomic mass is 9.92. The fourth-order valence-electron chi connectivity index (χ4n) is 3.86. The molecule has 0 saturated carbocycles. The van der Waals surface area contributed by atoms with Crippen molar-refractivity contribution in [2.75, 3.05) is 13.4 Å². The number of esters is 1. The molecule has 2 nitrogen and oxygen atoms in total. The second kappa shape index (κ2) is 6.57. The molecule has 3 aromatic rings. The predicted molar refractivity (Wildman–Crippen MR) is 105 cm³/mol. The van der Waals surface area contributed by atoms with Gasteiger partial charge in [0.2, 0.25) is 0 Å². The number of fused-ring (bicyclic) bond motifs is 2. The second-order valence-electron chi connectivity index (χ2n) is 6.37. The molecule has 0 fully saturated rings. The van der Waals surface area contributed by atoms with Gasteiger partial charge in [-0.1, -0.05) is 36.4 Å². The maximum Gasteiger partial charge on any atom is 0.339 e. The van der Waals surface area contributed by atoms with Gasteiger partial charge in [0.25, 0.3) is 0 Å². The first-order valence-corrected chi connectivity index (χ1v) is 9.75. The molecule has 126 valence electrons. The summed E-state index contributed by atoms with van der Waals surface area (Å²) >= 11 is 1.62. The van der Waals surface area contributed by atoms with E-state index in [2.05, 4.69) is 48.5 Å². The monoisotopic (exact) mass is 348 g/mol. The quantitative estimate of drug-likeness (QED) is 0.461. The average Bonchev–Trinajstić information content (AvgIpc) is 3.15. The summed E-state index contributed by atoms with van der Waals surface area (Å²) in [5.74, 6) is -0.215. The highest BCUT2D eigenvalue weighted by atomic mass is 32.2. The van der Waals surface area contributed by atoms with E-state index in [0.717, 1.165) is 29.7 Å². The minimum absolute atomic E-state index is 0.215. The van der Waals surface area contributed by atoms with E-state index >= 15 is 0 Å². The van der Waals surface area contributed by atoms with E-state index in [0.29, 0.717) is 0 Å². The first kappa shape index (κ1) is 16.2. The van der Waals surface area contributed by atoms with Crippen LogP contribution in [0.2, 0.25) is 0 Å². The molecule has 0 aromatic heterocycles. The molecule has 0 atom stereocenters. The maximum atomic E-state index is 12.3. The highest BCUT2D eigenvalue weighted by Crippen LogP contribution is 2.40. The lowest BCUT2D eigenvalue weighted by Crippen LogP contribution is -2.08. The smallest absolute Gasteiger partial charge is 0.339 e. The summed E-state index contributed by atoms with van der Waals surface area (Å²) in [5.41, 5.74) is 5.75. The summed E-state index contributed by atoms with van der Waals surface area (Å²) in [6.07, 6.45) is 5.09. The first-order valence-electron chi connectivity index (χ1n) is 8.53. The Morgan fingerprint density at radius 3 is 2.52 bits per heavy atom. The number of hydrogen-bond acceptors (Lipinski definition) is 3. The van der Waals surface area contributed by atoms with Crippen LogP contribution in [0.15, 0.2) is 53.4 Å². The van der Waals surface area contributed by atoms with Gasteiger partial charge in [-0.25, -0.2) is 4.79 Å². The van der Waals surface area contributed by atoms with E-state index in [-0.39, 0.29) is 5.97 Å². The Labute approximate surface area is 152 Å². The first-order chi connectivity index (χ1) is 12.2. The topological polar surface area (TPSA) is 26.3 Å². The molecule has 0 bridgehead atoms. The summed E-state index contributed by atoms with van der Waals surface area (Å²) < 4.78 is 5.06. The Bertz CT molecular complexity index is 975. The standard InChI is InChI=1S/C22H20O2S/c1-24-22(23)21-18-9-5-8-17(18)19(13-20(21)25-2)16-11-10-14-6-3-4-7-15(14)12-16/h3-4,6-7,10-13H,5,8-9H2,1-2H3. The number of carbonyl (C=O) groups excluding carboxylic acids is 1. The predicted octanol–water partition coefficient (Wildman–Crippen LogP) is 5.50. The van der Waals surface area contributed by atoms with E-state index in [1.807, 2.05) is 6.26 Å². The maximum absolute atomic E-state index is 12.3. The van der Waals surface area contributed by atoms with Crippen molar-refractivity contribution in [2.24, 2.45) is 0 Å². The summed E-state index contributed by atoms with van der Waals surface area (Å²) in [6.45, 7) is 0. The SMILES string of the molecule is COC(=O)c1c(SC)cc(-c2ccc3ccccc3c2)c2c1CCC2. The van der Waals surface area contributed by atoms with Gasteiger partial charge in [0.1, 0.15) is 0 Å². The van der Waals surface area contributed by atoms with Crippen LogP contribution in [0.5, 0.6) is 0 Å². The van der Waals surface area contributed by atoms with Crippen LogP contribution in [-0.2, 0) is 17.6 Å². The average molecular weight is 348 g/mol. The molecule has 25 heavy (non-hydrogen) atoms. The number of thioether (sulfide) groups is 1. The van der Waals surface area contributed by atoms with Gasteiger partial charge < -0.3 is 4.74 Å². The Morgan fingerprint density at radius 2 is 1.76 bits per heavy atom. The third-order valence-electron chi connectivity index (χ3n) is 5.04. The molecule has 4 rings (SSSR count). The minimum Gasteiger partial charge on any atom is -0.465 e. The number of methoxy groups -OCH3 is 1. The van der Waals surface area contributed by atoms with Gasteiger partial charge in [0.15, 0.2) is 0 Å². The molecule has 0 aliphatic heterocycles. The molecule has 0 saturated heterocycles. The van der Waals surface area contributed by atoms with Gasteiger partial charge in [-0.3, -0.25) is 0 Å². The Balaban J connectivity index is 1.95. The largest absolute Gasteiger partial charge is 0.465 e. The zero-order chi connectivity index (χ0) is 17.4. The number of carbonyl (C=O) groups is 1. The number of hydrogen-bond donors (Lipinski definition) is 0. The van der Waals surface area contributed by atoms with Crippen LogP contribution < -0.4 is 0 Å². The molecule has 3 aromatic carbocycles. The number of ether oxygens (including phenoxy) is 1. The van der Waals surface area contributed by atoms with E-state index in [4.69, 9.17) is 4.74 Å². The molecule has 1 aliphatic rings. The molecule has 0 spiro atoms. The Kier molecular flexibility index (Phi) is 4.26. The molecule has 0 unspecified atom stereocenters. The van der Waals surface area contributed by atoms with Crippen LogP contribution in [0.4, 0.5) is 0 Å². The molecule has 0 amide bonds. The molecule has 1 aliphatic carbocycles. The van der Waals surface area contributed by atoms with Crippen LogP contribution in [-0.4, -0.2) is 19.3 Å². The van der Waals surface area contributed by atoms with Crippen LogP contribution in [0.1, 0.15) is 27.9 Å². The molecule has 0 radical (unpaired) electrons. The van der Waals surface area contributed by atoms with Crippen LogP contribution in [0.3, 0.4) is 0 Å². The third kappa shape index (κ3) is 2.73. The summed E-state index contributed by atoms with van der Waals surface area (Å²) in [5, 5.41) is 2.49. The normalized spacial score (nSPS) is 13.0. The van der Waals surface area contributed by atoms with E-state index in [9.17, 15) is 4.79 Å². The summed E-state index contributed by atoms with van der Waals surface area (Å²) in [7, 11) is 1.46. The zero-order valence-electron chi connectivity index (χ0n) is 14.5. The highest BCUT2D eigenvalue weighted by Gasteiger charge is 2.26. The minimum atomic E-state index is -0.215. The summed E-state index contributed by atoms with van der Waals surface area (Å²) in [6, 6.07) is 17.2. The van der Waals surface area contributed by atoms with Crippen LogP contribution >= 0.6 is 11.8 Å².